The van der Waals surface area contributed by atoms with Crippen LogP contribution in [0.5, 0.6) is 0 Å². The van der Waals surface area contributed by atoms with Crippen molar-refractivity contribution in [2.45, 2.75) is 51.0 Å². The molecule has 6 heteroatoms. The first-order chi connectivity index (χ1) is 8.95. The van der Waals surface area contributed by atoms with Crippen molar-refractivity contribution in [3.05, 3.63) is 12.0 Å². The van der Waals surface area contributed by atoms with E-state index in [4.69, 9.17) is 0 Å². The molecule has 0 spiro atoms. The summed E-state index contributed by atoms with van der Waals surface area (Å²) in [5.74, 6) is 1.41. The largest absolute Gasteiger partial charge is 0.332 e. The fourth-order valence-corrected chi connectivity index (χ4v) is 3.94. The van der Waals surface area contributed by atoms with Gasteiger partial charge in [0.2, 0.25) is 0 Å². The van der Waals surface area contributed by atoms with Gasteiger partial charge in [0.1, 0.15) is 5.82 Å². The fourth-order valence-electron chi connectivity index (χ4n) is 2.46. The molecule has 0 unspecified atom stereocenters. The van der Waals surface area contributed by atoms with Gasteiger partial charge in [-0.1, -0.05) is 27.2 Å². The summed E-state index contributed by atoms with van der Waals surface area (Å²) in [5.41, 5.74) is 0. The molecule has 19 heavy (non-hydrogen) atoms. The fraction of sp³-hybridized carbons (Fsp3) is 0.769. The molecule has 5 nitrogen and oxygen atoms in total. The molecule has 1 saturated heterocycles. The molecule has 0 aromatic carbocycles. The molecule has 1 aromatic rings. The minimum absolute atomic E-state index is 0.202. The van der Waals surface area contributed by atoms with Gasteiger partial charge in [-0.3, -0.25) is 0 Å². The van der Waals surface area contributed by atoms with E-state index in [2.05, 4.69) is 16.9 Å². The Kier molecular flexibility index (Phi) is 4.30. The average molecular weight is 285 g/mol. The minimum atomic E-state index is -3.40. The predicted molar refractivity (Wildman–Crippen MR) is 74.5 cm³/mol. The SMILES string of the molecule is CC[C@H]1CCCN(S(=O)(=O)c2cnc(C(C)C)[nH]2)C1. The zero-order chi connectivity index (χ0) is 14.0. The Balaban J connectivity index is 2.21. The number of H-pyrrole nitrogens is 1. The molecule has 1 N–H and O–H groups in total. The maximum absolute atomic E-state index is 12.5. The van der Waals surface area contributed by atoms with Crippen LogP contribution in [-0.4, -0.2) is 35.8 Å². The predicted octanol–water partition coefficient (Wildman–Crippen LogP) is 2.34. The number of imidazole rings is 1. The third kappa shape index (κ3) is 3.00. The van der Waals surface area contributed by atoms with E-state index in [0.717, 1.165) is 25.1 Å². The molecule has 0 radical (unpaired) electrons. The smallest absolute Gasteiger partial charge is 0.260 e. The van der Waals surface area contributed by atoms with Crippen LogP contribution in [0.15, 0.2) is 11.2 Å². The van der Waals surface area contributed by atoms with E-state index in [1.54, 1.807) is 4.31 Å². The Morgan fingerprint density at radius 2 is 2.26 bits per heavy atom. The molecule has 1 fully saturated rings. The molecule has 2 heterocycles. The zero-order valence-corrected chi connectivity index (χ0v) is 12.7. The van der Waals surface area contributed by atoms with Gasteiger partial charge in [-0.15, -0.1) is 0 Å². The van der Waals surface area contributed by atoms with Crippen molar-refractivity contribution in [1.29, 1.82) is 0 Å². The lowest BCUT2D eigenvalue weighted by Gasteiger charge is -2.30. The van der Waals surface area contributed by atoms with Gasteiger partial charge in [0.15, 0.2) is 5.03 Å². The van der Waals surface area contributed by atoms with Crippen LogP contribution in [0.2, 0.25) is 0 Å². The van der Waals surface area contributed by atoms with Gasteiger partial charge in [-0.2, -0.15) is 4.31 Å². The molecule has 1 atom stereocenters. The summed E-state index contributed by atoms with van der Waals surface area (Å²) in [6, 6.07) is 0. The van der Waals surface area contributed by atoms with Crippen molar-refractivity contribution in [3.63, 3.8) is 0 Å². The number of nitrogens with one attached hydrogen (secondary N) is 1. The molecule has 0 amide bonds. The molecule has 2 rings (SSSR count). The third-order valence-corrected chi connectivity index (χ3v) is 5.57. The first kappa shape index (κ1) is 14.5. The average Bonchev–Trinajstić information content (AvgIpc) is 2.89. The summed E-state index contributed by atoms with van der Waals surface area (Å²) in [6.45, 7) is 7.35. The van der Waals surface area contributed by atoms with Crippen LogP contribution in [0.3, 0.4) is 0 Å². The summed E-state index contributed by atoms with van der Waals surface area (Å²) >= 11 is 0. The normalized spacial score (nSPS) is 22.0. The van der Waals surface area contributed by atoms with E-state index < -0.39 is 10.0 Å². The minimum Gasteiger partial charge on any atom is -0.332 e. The summed E-state index contributed by atoms with van der Waals surface area (Å²) in [4.78, 5) is 7.10. The second-order valence-corrected chi connectivity index (χ2v) is 7.47. The van der Waals surface area contributed by atoms with Crippen LogP contribution in [0, 0.1) is 5.92 Å². The van der Waals surface area contributed by atoms with Crippen LogP contribution >= 0.6 is 0 Å². The molecule has 0 bridgehead atoms. The lowest BCUT2D eigenvalue weighted by atomic mass is 9.97. The molecule has 108 valence electrons. The second-order valence-electron chi connectivity index (χ2n) is 5.57. The lowest BCUT2D eigenvalue weighted by Crippen LogP contribution is -2.39. The maximum Gasteiger partial charge on any atom is 0.260 e. The van der Waals surface area contributed by atoms with Crippen LogP contribution in [0.4, 0.5) is 0 Å². The Morgan fingerprint density at radius 3 is 2.84 bits per heavy atom. The van der Waals surface area contributed by atoms with Gasteiger partial charge in [-0.25, -0.2) is 13.4 Å². The maximum atomic E-state index is 12.5. The Labute approximate surface area is 115 Å². The number of hydrogen-bond donors (Lipinski definition) is 1. The summed E-state index contributed by atoms with van der Waals surface area (Å²) in [7, 11) is -3.40. The topological polar surface area (TPSA) is 66.1 Å². The molecule has 1 aromatic heterocycles. The van der Waals surface area contributed by atoms with Gasteiger partial charge < -0.3 is 4.98 Å². The number of piperidine rings is 1. The lowest BCUT2D eigenvalue weighted by molar-refractivity contribution is 0.261. The van der Waals surface area contributed by atoms with Crippen LogP contribution < -0.4 is 0 Å². The number of aromatic nitrogens is 2. The van der Waals surface area contributed by atoms with E-state index in [-0.39, 0.29) is 10.9 Å². The molecule has 0 aliphatic carbocycles. The molecular weight excluding hydrogens is 262 g/mol. The van der Waals surface area contributed by atoms with Crippen molar-refractivity contribution in [2.24, 2.45) is 5.92 Å². The van der Waals surface area contributed by atoms with E-state index in [0.29, 0.717) is 19.0 Å². The summed E-state index contributed by atoms with van der Waals surface area (Å²) < 4.78 is 26.7. The number of rotatable bonds is 4. The third-order valence-electron chi connectivity index (χ3n) is 3.80. The van der Waals surface area contributed by atoms with Crippen LogP contribution in [0.1, 0.15) is 51.8 Å². The zero-order valence-electron chi connectivity index (χ0n) is 11.9. The van der Waals surface area contributed by atoms with Crippen molar-refractivity contribution in [3.8, 4) is 0 Å². The second kappa shape index (κ2) is 5.63. The number of hydrogen-bond acceptors (Lipinski definition) is 3. The van der Waals surface area contributed by atoms with Gasteiger partial charge in [0, 0.05) is 19.0 Å². The number of nitrogens with zero attached hydrogens (tertiary/aromatic N) is 2. The van der Waals surface area contributed by atoms with Crippen molar-refractivity contribution >= 4 is 10.0 Å². The van der Waals surface area contributed by atoms with Crippen molar-refractivity contribution < 1.29 is 8.42 Å². The van der Waals surface area contributed by atoms with Gasteiger partial charge in [-0.05, 0) is 18.8 Å². The Morgan fingerprint density at radius 1 is 1.53 bits per heavy atom. The van der Waals surface area contributed by atoms with Gasteiger partial charge >= 0.3 is 0 Å². The van der Waals surface area contributed by atoms with Crippen molar-refractivity contribution in [2.75, 3.05) is 13.1 Å². The number of aromatic amines is 1. The first-order valence-corrected chi connectivity index (χ1v) is 8.44. The highest BCUT2D eigenvalue weighted by Crippen LogP contribution is 2.25. The first-order valence-electron chi connectivity index (χ1n) is 7.00. The molecular formula is C13H23N3O2S. The Hall–Kier alpha value is -0.880. The monoisotopic (exact) mass is 285 g/mol. The molecule has 1 aliphatic rings. The van der Waals surface area contributed by atoms with E-state index in [1.807, 2.05) is 13.8 Å². The Bertz CT molecular complexity index is 522. The van der Waals surface area contributed by atoms with Gasteiger partial charge in [0.25, 0.3) is 10.0 Å². The quantitative estimate of drug-likeness (QED) is 0.923. The molecule has 1 aliphatic heterocycles. The standard InChI is InChI=1S/C13H23N3O2S/c1-4-11-6-5-7-16(9-11)19(17,18)12-8-14-13(15-12)10(2)3/h8,10-11H,4-7,9H2,1-3H3,(H,14,15)/t11-/m0/s1. The summed E-state index contributed by atoms with van der Waals surface area (Å²) in [6.07, 6.45) is 4.55. The van der Waals surface area contributed by atoms with Crippen molar-refractivity contribution in [1.82, 2.24) is 14.3 Å². The van der Waals surface area contributed by atoms with Crippen LogP contribution in [0.25, 0.3) is 0 Å². The van der Waals surface area contributed by atoms with E-state index in [1.165, 1.54) is 6.20 Å². The van der Waals surface area contributed by atoms with Crippen LogP contribution in [-0.2, 0) is 10.0 Å². The highest BCUT2D eigenvalue weighted by atomic mass is 32.2. The van der Waals surface area contributed by atoms with Gasteiger partial charge in [0.05, 0.1) is 6.20 Å². The summed E-state index contributed by atoms with van der Waals surface area (Å²) in [5, 5.41) is 0.230. The highest BCUT2D eigenvalue weighted by molar-refractivity contribution is 7.89. The van der Waals surface area contributed by atoms with E-state index in [9.17, 15) is 8.42 Å². The van der Waals surface area contributed by atoms with E-state index >= 15 is 0 Å². The number of sulfonamides is 1. The molecule has 0 saturated carbocycles. The highest BCUT2D eigenvalue weighted by Gasteiger charge is 2.31.